The summed E-state index contributed by atoms with van der Waals surface area (Å²) in [6.07, 6.45) is 1.78. The summed E-state index contributed by atoms with van der Waals surface area (Å²) < 4.78 is 37.7. The van der Waals surface area contributed by atoms with Crippen LogP contribution < -0.4 is 14.8 Å². The number of ether oxygens (including phenoxy) is 2. The first kappa shape index (κ1) is 20.6. The molecule has 1 aliphatic heterocycles. The minimum Gasteiger partial charge on any atom is -0.497 e. The lowest BCUT2D eigenvalue weighted by Crippen LogP contribution is -2.46. The molecule has 28 heavy (non-hydrogen) atoms. The highest BCUT2D eigenvalue weighted by Gasteiger charge is 2.39. The first-order valence-corrected chi connectivity index (χ1v) is 11.3. The molecule has 1 amide bonds. The van der Waals surface area contributed by atoms with Crippen LogP contribution in [0.25, 0.3) is 0 Å². The van der Waals surface area contributed by atoms with E-state index in [2.05, 4.69) is 5.32 Å². The number of nitrogens with zero attached hydrogens (tertiary/aromatic N) is 1. The van der Waals surface area contributed by atoms with Crippen LogP contribution >= 0.6 is 11.3 Å². The van der Waals surface area contributed by atoms with E-state index in [1.54, 1.807) is 37.8 Å². The summed E-state index contributed by atoms with van der Waals surface area (Å²) in [7, 11) is -0.452. The summed E-state index contributed by atoms with van der Waals surface area (Å²) in [5.74, 6) is 1.13. The molecular formula is C19H24N2O5S2. The summed E-state index contributed by atoms with van der Waals surface area (Å²) in [4.78, 5) is 12.7. The van der Waals surface area contributed by atoms with E-state index in [9.17, 15) is 13.2 Å². The Balaban J connectivity index is 1.62. The molecule has 0 spiro atoms. The van der Waals surface area contributed by atoms with Crippen LogP contribution in [-0.4, -0.2) is 52.0 Å². The number of hydrogen-bond donors (Lipinski definition) is 1. The van der Waals surface area contributed by atoms with Crippen molar-refractivity contribution in [2.45, 2.75) is 29.5 Å². The van der Waals surface area contributed by atoms with Gasteiger partial charge in [-0.3, -0.25) is 4.79 Å². The summed E-state index contributed by atoms with van der Waals surface area (Å²) in [6, 6.07) is 8.14. The summed E-state index contributed by atoms with van der Waals surface area (Å²) in [5.41, 5.74) is 0.943. The molecule has 152 valence electrons. The van der Waals surface area contributed by atoms with Gasteiger partial charge in [-0.2, -0.15) is 4.31 Å². The van der Waals surface area contributed by atoms with E-state index < -0.39 is 16.1 Å². The first-order chi connectivity index (χ1) is 13.5. The monoisotopic (exact) mass is 424 g/mol. The van der Waals surface area contributed by atoms with Gasteiger partial charge < -0.3 is 14.8 Å². The van der Waals surface area contributed by atoms with Gasteiger partial charge >= 0.3 is 0 Å². The minimum absolute atomic E-state index is 0.259. The number of carbonyl (C=O) groups is 1. The molecule has 2 aromatic rings. The smallest absolute Gasteiger partial charge is 0.253 e. The molecule has 1 fully saturated rings. The third kappa shape index (κ3) is 4.31. The van der Waals surface area contributed by atoms with Gasteiger partial charge in [-0.05, 0) is 42.3 Å². The minimum atomic E-state index is -3.63. The Morgan fingerprint density at radius 3 is 2.79 bits per heavy atom. The molecule has 7 nitrogen and oxygen atoms in total. The Bertz CT molecular complexity index is 912. The number of rotatable bonds is 8. The topological polar surface area (TPSA) is 84.9 Å². The second-order valence-corrected chi connectivity index (χ2v) is 9.49. The number of carbonyl (C=O) groups excluding carboxylic acids is 1. The quantitative estimate of drug-likeness (QED) is 0.703. The maximum Gasteiger partial charge on any atom is 0.253 e. The van der Waals surface area contributed by atoms with Crippen LogP contribution in [0.2, 0.25) is 0 Å². The van der Waals surface area contributed by atoms with Crippen LogP contribution in [0.1, 0.15) is 18.4 Å². The average molecular weight is 425 g/mol. The number of sulfonamides is 1. The van der Waals surface area contributed by atoms with Gasteiger partial charge in [-0.25, -0.2) is 8.42 Å². The fraction of sp³-hybridized carbons (Fsp3) is 0.421. The molecular weight excluding hydrogens is 400 g/mol. The number of nitrogens with one attached hydrogen (secondary N) is 1. The molecule has 1 atom stereocenters. The fourth-order valence-corrected chi connectivity index (χ4v) is 6.09. The van der Waals surface area contributed by atoms with Gasteiger partial charge in [0, 0.05) is 19.2 Å². The number of hydrogen-bond acceptors (Lipinski definition) is 6. The van der Waals surface area contributed by atoms with Gasteiger partial charge in [0.1, 0.15) is 21.8 Å². The van der Waals surface area contributed by atoms with E-state index in [0.717, 1.165) is 5.56 Å². The standard InChI is InChI=1S/C19H24N2O5S2/c1-25-15-8-7-14(17(13-15)26-2)9-10-20-19(22)16-5-3-11-21(16)28(23,24)18-6-4-12-27-18/h4,6-8,12-13,16H,3,5,9-11H2,1-2H3,(H,20,22). The van der Waals surface area contributed by atoms with E-state index in [1.807, 2.05) is 12.1 Å². The highest BCUT2D eigenvalue weighted by atomic mass is 32.2. The Kier molecular flexibility index (Phi) is 6.58. The van der Waals surface area contributed by atoms with Crippen LogP contribution in [0.5, 0.6) is 11.5 Å². The predicted molar refractivity (Wildman–Crippen MR) is 107 cm³/mol. The maximum atomic E-state index is 12.8. The third-order valence-corrected chi connectivity index (χ3v) is 8.03. The number of thiophene rings is 1. The van der Waals surface area contributed by atoms with Crippen molar-refractivity contribution in [3.05, 3.63) is 41.3 Å². The van der Waals surface area contributed by atoms with Gasteiger partial charge in [0.2, 0.25) is 5.91 Å². The number of benzene rings is 1. The van der Waals surface area contributed by atoms with Crippen LogP contribution in [0.4, 0.5) is 0 Å². The van der Waals surface area contributed by atoms with E-state index in [-0.39, 0.29) is 10.1 Å². The lowest BCUT2D eigenvalue weighted by Gasteiger charge is -2.22. The zero-order chi connectivity index (χ0) is 20.1. The number of amides is 1. The Morgan fingerprint density at radius 2 is 2.11 bits per heavy atom. The van der Waals surface area contributed by atoms with Crippen molar-refractivity contribution >= 4 is 27.3 Å². The fourth-order valence-electron chi connectivity index (χ4n) is 3.31. The predicted octanol–water partition coefficient (Wildman–Crippen LogP) is 2.28. The van der Waals surface area contributed by atoms with Crippen molar-refractivity contribution in [1.82, 2.24) is 9.62 Å². The Labute approximate surface area is 169 Å². The average Bonchev–Trinajstić information content (AvgIpc) is 3.40. The zero-order valence-electron chi connectivity index (χ0n) is 15.9. The normalized spacial score (nSPS) is 17.4. The highest BCUT2D eigenvalue weighted by molar-refractivity contribution is 7.91. The zero-order valence-corrected chi connectivity index (χ0v) is 17.5. The first-order valence-electron chi connectivity index (χ1n) is 9.01. The second kappa shape index (κ2) is 8.93. The largest absolute Gasteiger partial charge is 0.497 e. The van der Waals surface area contributed by atoms with Crippen molar-refractivity contribution in [2.24, 2.45) is 0 Å². The Morgan fingerprint density at radius 1 is 1.29 bits per heavy atom. The van der Waals surface area contributed by atoms with Crippen molar-refractivity contribution in [3.8, 4) is 11.5 Å². The van der Waals surface area contributed by atoms with Crippen molar-refractivity contribution in [1.29, 1.82) is 0 Å². The van der Waals surface area contributed by atoms with Crippen LogP contribution in [0, 0.1) is 0 Å². The molecule has 0 radical (unpaired) electrons. The van der Waals surface area contributed by atoms with Gasteiger partial charge in [0.25, 0.3) is 10.0 Å². The van der Waals surface area contributed by atoms with Gasteiger partial charge in [0.15, 0.2) is 0 Å². The summed E-state index contributed by atoms with van der Waals surface area (Å²) in [6.45, 7) is 0.759. The SMILES string of the molecule is COc1ccc(CCNC(=O)C2CCCN2S(=O)(=O)c2cccs2)c(OC)c1. The molecule has 1 unspecified atom stereocenters. The van der Waals surface area contributed by atoms with Gasteiger partial charge in [-0.15, -0.1) is 11.3 Å². The van der Waals surface area contributed by atoms with Gasteiger partial charge in [0.05, 0.1) is 14.2 Å². The second-order valence-electron chi connectivity index (χ2n) is 6.42. The van der Waals surface area contributed by atoms with Crippen molar-refractivity contribution in [2.75, 3.05) is 27.3 Å². The van der Waals surface area contributed by atoms with Crippen LogP contribution in [0.15, 0.2) is 39.9 Å². The van der Waals surface area contributed by atoms with Crippen molar-refractivity contribution in [3.63, 3.8) is 0 Å². The third-order valence-electron chi connectivity index (χ3n) is 4.75. The summed E-state index contributed by atoms with van der Waals surface area (Å²) >= 11 is 1.17. The molecule has 0 saturated carbocycles. The molecule has 1 N–H and O–H groups in total. The van der Waals surface area contributed by atoms with Crippen LogP contribution in [0.3, 0.4) is 0 Å². The van der Waals surface area contributed by atoms with E-state index in [0.29, 0.717) is 43.9 Å². The van der Waals surface area contributed by atoms with E-state index >= 15 is 0 Å². The van der Waals surface area contributed by atoms with Crippen LogP contribution in [-0.2, 0) is 21.2 Å². The molecule has 1 aromatic carbocycles. The molecule has 1 saturated heterocycles. The molecule has 9 heteroatoms. The lowest BCUT2D eigenvalue weighted by molar-refractivity contribution is -0.124. The van der Waals surface area contributed by atoms with E-state index in [4.69, 9.17) is 9.47 Å². The molecule has 3 rings (SSSR count). The highest BCUT2D eigenvalue weighted by Crippen LogP contribution is 2.29. The molecule has 2 heterocycles. The number of methoxy groups -OCH3 is 2. The molecule has 1 aliphatic rings. The lowest BCUT2D eigenvalue weighted by atomic mass is 10.1. The maximum absolute atomic E-state index is 12.8. The van der Waals surface area contributed by atoms with Gasteiger partial charge in [-0.1, -0.05) is 12.1 Å². The van der Waals surface area contributed by atoms with Crippen molar-refractivity contribution < 1.29 is 22.7 Å². The molecule has 0 aliphatic carbocycles. The molecule has 0 bridgehead atoms. The van der Waals surface area contributed by atoms with E-state index in [1.165, 1.54) is 15.6 Å². The Hall–Kier alpha value is -2.10. The molecule has 1 aromatic heterocycles. The summed E-state index contributed by atoms with van der Waals surface area (Å²) in [5, 5.41) is 4.59.